The van der Waals surface area contributed by atoms with Crippen LogP contribution in [0.15, 0.2) is 48.7 Å². The Labute approximate surface area is 161 Å². The highest BCUT2D eigenvalue weighted by atomic mass is 16.4. The molecule has 2 fully saturated rings. The molecule has 0 spiro atoms. The molecule has 1 saturated heterocycles. The van der Waals surface area contributed by atoms with E-state index >= 15 is 0 Å². The molecule has 2 aromatic rings. The van der Waals surface area contributed by atoms with E-state index in [-0.39, 0.29) is 5.56 Å². The number of hydrogen-bond donors (Lipinski definition) is 1. The second-order valence-electron chi connectivity index (χ2n) is 8.15. The van der Waals surface area contributed by atoms with Gasteiger partial charge in [-0.05, 0) is 74.2 Å². The summed E-state index contributed by atoms with van der Waals surface area (Å²) in [5.41, 5.74) is 2.74. The van der Waals surface area contributed by atoms with Gasteiger partial charge in [-0.15, -0.1) is 0 Å². The summed E-state index contributed by atoms with van der Waals surface area (Å²) < 4.78 is 0. The van der Waals surface area contributed by atoms with Gasteiger partial charge in [-0.1, -0.05) is 36.8 Å². The van der Waals surface area contributed by atoms with E-state index in [2.05, 4.69) is 40.2 Å². The number of carboxylic acid groups (broad SMARTS) is 1. The van der Waals surface area contributed by atoms with Crippen LogP contribution in [0.5, 0.6) is 0 Å². The van der Waals surface area contributed by atoms with Crippen molar-refractivity contribution in [2.75, 3.05) is 13.1 Å². The summed E-state index contributed by atoms with van der Waals surface area (Å²) in [5.74, 6) is 1.66. The molecule has 1 aromatic carbocycles. The number of likely N-dealkylation sites (tertiary alicyclic amines) is 1. The average Bonchev–Trinajstić information content (AvgIpc) is 3.48. The summed E-state index contributed by atoms with van der Waals surface area (Å²) in [6, 6.07) is 14.5. The van der Waals surface area contributed by atoms with Crippen LogP contribution in [0, 0.1) is 11.8 Å². The van der Waals surface area contributed by atoms with Crippen molar-refractivity contribution >= 4 is 5.97 Å². The maximum atomic E-state index is 10.9. The molecule has 2 aliphatic rings. The number of rotatable bonds is 7. The lowest BCUT2D eigenvalue weighted by atomic mass is 9.90. The van der Waals surface area contributed by atoms with Gasteiger partial charge in [0.05, 0.1) is 11.3 Å². The number of aromatic carboxylic acids is 1. The summed E-state index contributed by atoms with van der Waals surface area (Å²) in [6.45, 7) is 3.07. The van der Waals surface area contributed by atoms with Crippen molar-refractivity contribution in [3.05, 3.63) is 65.5 Å². The smallest absolute Gasteiger partial charge is 0.337 e. The third-order valence-electron chi connectivity index (χ3n) is 6.26. The molecule has 0 radical (unpaired) electrons. The quantitative estimate of drug-likeness (QED) is 0.781. The fourth-order valence-corrected chi connectivity index (χ4v) is 4.43. The van der Waals surface area contributed by atoms with Crippen LogP contribution in [-0.4, -0.2) is 34.0 Å². The van der Waals surface area contributed by atoms with Gasteiger partial charge in [0.25, 0.3) is 0 Å². The van der Waals surface area contributed by atoms with E-state index in [0.29, 0.717) is 0 Å². The first-order valence-electron chi connectivity index (χ1n) is 10.1. The molecule has 2 heterocycles. The molecular weight excluding hydrogens is 336 g/mol. The van der Waals surface area contributed by atoms with Gasteiger partial charge in [0.1, 0.15) is 0 Å². The minimum atomic E-state index is -0.917. The van der Waals surface area contributed by atoms with Gasteiger partial charge in [-0.25, -0.2) is 4.79 Å². The SMILES string of the molecule is O=C(O)c1ccc(CN2CCC(CC[C@H]3C[C@@H]3c3ccccc3)CC2)nc1. The second kappa shape index (κ2) is 8.22. The van der Waals surface area contributed by atoms with Crippen LogP contribution in [-0.2, 0) is 6.54 Å². The maximum absolute atomic E-state index is 10.9. The van der Waals surface area contributed by atoms with Crippen molar-refractivity contribution < 1.29 is 9.90 Å². The zero-order valence-corrected chi connectivity index (χ0v) is 15.8. The Morgan fingerprint density at radius 3 is 2.52 bits per heavy atom. The first-order valence-corrected chi connectivity index (χ1v) is 10.1. The van der Waals surface area contributed by atoms with Crippen LogP contribution >= 0.6 is 0 Å². The Balaban J connectivity index is 1.17. The summed E-state index contributed by atoms with van der Waals surface area (Å²) in [7, 11) is 0. The zero-order valence-electron chi connectivity index (χ0n) is 15.8. The molecule has 1 aromatic heterocycles. The van der Waals surface area contributed by atoms with Gasteiger partial charge in [0.15, 0.2) is 0 Å². The van der Waals surface area contributed by atoms with Gasteiger partial charge < -0.3 is 5.11 Å². The van der Waals surface area contributed by atoms with Crippen molar-refractivity contribution in [3.63, 3.8) is 0 Å². The number of carboxylic acids is 1. The third-order valence-corrected chi connectivity index (χ3v) is 6.26. The fraction of sp³-hybridized carbons (Fsp3) is 0.478. The van der Waals surface area contributed by atoms with E-state index in [9.17, 15) is 4.79 Å². The van der Waals surface area contributed by atoms with E-state index in [0.717, 1.165) is 43.1 Å². The van der Waals surface area contributed by atoms with E-state index < -0.39 is 5.97 Å². The molecule has 2 atom stereocenters. The Morgan fingerprint density at radius 2 is 1.85 bits per heavy atom. The summed E-state index contributed by atoms with van der Waals surface area (Å²) in [6.07, 6.45) is 8.13. The highest BCUT2D eigenvalue weighted by molar-refractivity contribution is 5.87. The molecule has 1 aliphatic carbocycles. The molecule has 4 nitrogen and oxygen atoms in total. The number of piperidine rings is 1. The Morgan fingerprint density at radius 1 is 1.07 bits per heavy atom. The normalized spacial score (nSPS) is 23.3. The van der Waals surface area contributed by atoms with Crippen molar-refractivity contribution in [1.82, 2.24) is 9.88 Å². The molecule has 4 rings (SSSR count). The largest absolute Gasteiger partial charge is 0.478 e. The summed E-state index contributed by atoms with van der Waals surface area (Å²) in [5, 5.41) is 8.95. The van der Waals surface area contributed by atoms with Crippen LogP contribution in [0.4, 0.5) is 0 Å². The fourth-order valence-electron chi connectivity index (χ4n) is 4.43. The van der Waals surface area contributed by atoms with E-state index in [1.165, 1.54) is 43.9 Å². The van der Waals surface area contributed by atoms with Crippen LogP contribution in [0.2, 0.25) is 0 Å². The van der Waals surface area contributed by atoms with E-state index in [1.54, 1.807) is 6.07 Å². The van der Waals surface area contributed by atoms with Gasteiger partial charge in [0, 0.05) is 12.7 Å². The third kappa shape index (κ3) is 4.75. The molecule has 1 aliphatic heterocycles. The number of benzene rings is 1. The van der Waals surface area contributed by atoms with E-state index in [4.69, 9.17) is 5.11 Å². The van der Waals surface area contributed by atoms with Gasteiger partial charge in [-0.3, -0.25) is 9.88 Å². The number of nitrogens with zero attached hydrogens (tertiary/aromatic N) is 2. The average molecular weight is 364 g/mol. The molecule has 0 unspecified atom stereocenters. The molecular formula is C23H28N2O2. The molecule has 1 N–H and O–H groups in total. The molecule has 1 saturated carbocycles. The predicted molar refractivity (Wildman–Crippen MR) is 106 cm³/mol. The Kier molecular flexibility index (Phi) is 5.53. The van der Waals surface area contributed by atoms with Crippen molar-refractivity contribution in [1.29, 1.82) is 0 Å². The van der Waals surface area contributed by atoms with Crippen LogP contribution in [0.25, 0.3) is 0 Å². The zero-order chi connectivity index (χ0) is 18.6. The summed E-state index contributed by atoms with van der Waals surface area (Å²) in [4.78, 5) is 17.6. The first kappa shape index (κ1) is 18.2. The van der Waals surface area contributed by atoms with Crippen molar-refractivity contribution in [2.45, 2.75) is 44.6 Å². The topological polar surface area (TPSA) is 53.4 Å². The molecule has 27 heavy (non-hydrogen) atoms. The lowest BCUT2D eigenvalue weighted by Gasteiger charge is -2.31. The monoisotopic (exact) mass is 364 g/mol. The number of aromatic nitrogens is 1. The molecule has 0 bridgehead atoms. The first-order chi connectivity index (χ1) is 13.2. The summed E-state index contributed by atoms with van der Waals surface area (Å²) >= 11 is 0. The lowest BCUT2D eigenvalue weighted by molar-refractivity contribution is 0.0696. The van der Waals surface area contributed by atoms with Crippen LogP contribution in [0.1, 0.15) is 59.6 Å². The second-order valence-corrected chi connectivity index (χ2v) is 8.15. The standard InChI is InChI=1S/C23H28N2O2/c26-23(27)20-8-9-21(24-15-20)16-25-12-10-17(11-13-25)6-7-19-14-22(19)18-4-2-1-3-5-18/h1-5,8-9,15,17,19,22H,6-7,10-14,16H2,(H,26,27)/t19-,22+/m0/s1. The molecule has 142 valence electrons. The van der Waals surface area contributed by atoms with Crippen molar-refractivity contribution in [2.24, 2.45) is 11.8 Å². The van der Waals surface area contributed by atoms with Gasteiger partial charge in [-0.2, -0.15) is 0 Å². The molecule has 4 heteroatoms. The maximum Gasteiger partial charge on any atom is 0.337 e. The van der Waals surface area contributed by atoms with Gasteiger partial charge >= 0.3 is 5.97 Å². The Hall–Kier alpha value is -2.20. The minimum Gasteiger partial charge on any atom is -0.478 e. The predicted octanol–water partition coefficient (Wildman–Crippen LogP) is 4.58. The number of hydrogen-bond acceptors (Lipinski definition) is 3. The van der Waals surface area contributed by atoms with Crippen LogP contribution in [0.3, 0.4) is 0 Å². The highest BCUT2D eigenvalue weighted by Crippen LogP contribution is 2.50. The molecule has 0 amide bonds. The number of carbonyl (C=O) groups is 1. The van der Waals surface area contributed by atoms with Gasteiger partial charge in [0.2, 0.25) is 0 Å². The lowest BCUT2D eigenvalue weighted by Crippen LogP contribution is -2.33. The minimum absolute atomic E-state index is 0.256. The van der Waals surface area contributed by atoms with Crippen molar-refractivity contribution in [3.8, 4) is 0 Å². The highest BCUT2D eigenvalue weighted by Gasteiger charge is 2.37. The number of pyridine rings is 1. The Bertz CT molecular complexity index is 752. The van der Waals surface area contributed by atoms with E-state index in [1.807, 2.05) is 6.07 Å². The van der Waals surface area contributed by atoms with Crippen LogP contribution < -0.4 is 0 Å².